The Morgan fingerprint density at radius 3 is 2.46 bits per heavy atom. The molecule has 0 aliphatic carbocycles. The summed E-state index contributed by atoms with van der Waals surface area (Å²) in [5.74, 6) is 0.902. The van der Waals surface area contributed by atoms with E-state index in [1.54, 1.807) is 14.0 Å². The van der Waals surface area contributed by atoms with Crippen LogP contribution in [0, 0.1) is 0 Å². The molecule has 1 fully saturated rings. The molecule has 1 aliphatic rings. The van der Waals surface area contributed by atoms with E-state index in [0.29, 0.717) is 11.5 Å². The van der Waals surface area contributed by atoms with E-state index in [1.165, 1.54) is 0 Å². The van der Waals surface area contributed by atoms with Crippen molar-refractivity contribution in [3.05, 3.63) is 0 Å². The first-order valence-corrected chi connectivity index (χ1v) is 6.36. The lowest BCUT2D eigenvalue weighted by molar-refractivity contribution is -0.119. The summed E-state index contributed by atoms with van der Waals surface area (Å²) in [5.41, 5.74) is 0. The molecule has 1 aliphatic heterocycles. The smallest absolute Gasteiger partial charge is 0.270 e. The van der Waals surface area contributed by atoms with E-state index in [9.17, 15) is 9.00 Å². The normalized spacial score (nSPS) is 22.6. The summed E-state index contributed by atoms with van der Waals surface area (Å²) in [5, 5.41) is 2.79. The molecule has 4 nitrogen and oxygen atoms in total. The van der Waals surface area contributed by atoms with Gasteiger partial charge in [-0.2, -0.15) is 4.36 Å². The lowest BCUT2D eigenvalue weighted by atomic mass is 10.3. The van der Waals surface area contributed by atoms with Gasteiger partial charge < -0.3 is 5.32 Å². The highest BCUT2D eigenvalue weighted by Gasteiger charge is 2.19. The Morgan fingerprint density at radius 2 is 2.00 bits per heavy atom. The molecule has 0 bridgehead atoms. The average molecular weight is 204 g/mol. The van der Waals surface area contributed by atoms with E-state index >= 15 is 0 Å². The van der Waals surface area contributed by atoms with Crippen molar-refractivity contribution in [3.63, 3.8) is 0 Å². The predicted molar refractivity (Wildman–Crippen MR) is 53.1 cm³/mol. The summed E-state index contributed by atoms with van der Waals surface area (Å²) >= 11 is 0. The zero-order valence-corrected chi connectivity index (χ0v) is 8.89. The molecule has 76 valence electrons. The fourth-order valence-corrected chi connectivity index (χ4v) is 3.40. The number of amides is 1. The second-order valence-electron chi connectivity index (χ2n) is 3.33. The van der Waals surface area contributed by atoms with E-state index in [2.05, 4.69) is 9.68 Å². The first-order valence-electron chi connectivity index (χ1n) is 4.51. The molecule has 1 rings (SSSR count). The maximum Gasteiger partial charge on any atom is 0.270 e. The van der Waals surface area contributed by atoms with E-state index < -0.39 is 9.73 Å². The number of carbonyl (C=O) groups excluding carboxylic acids is 1. The van der Waals surface area contributed by atoms with Crippen molar-refractivity contribution in [1.29, 1.82) is 0 Å². The van der Waals surface area contributed by atoms with Crippen LogP contribution in [0.3, 0.4) is 0 Å². The monoisotopic (exact) mass is 204 g/mol. The molecule has 1 atom stereocenters. The second kappa shape index (κ2) is 4.19. The predicted octanol–water partition coefficient (Wildman–Crippen LogP) is 0.383. The van der Waals surface area contributed by atoms with E-state index in [0.717, 1.165) is 12.8 Å². The molecule has 1 unspecified atom stereocenters. The number of rotatable bonds is 2. The first-order chi connectivity index (χ1) is 6.07. The third kappa shape index (κ3) is 2.77. The summed E-state index contributed by atoms with van der Waals surface area (Å²) in [6, 6.07) is -0.320. The van der Waals surface area contributed by atoms with Crippen LogP contribution in [-0.4, -0.2) is 34.7 Å². The van der Waals surface area contributed by atoms with E-state index in [4.69, 9.17) is 0 Å². The molecule has 0 spiro atoms. The lowest BCUT2D eigenvalue weighted by Gasteiger charge is -2.05. The SMILES string of the molecule is CNC(C)C(=O)N=S1(=O)CCCC1. The molecule has 0 aromatic carbocycles. The fourth-order valence-electron chi connectivity index (χ4n) is 1.22. The number of hydrogen-bond acceptors (Lipinski definition) is 3. The van der Waals surface area contributed by atoms with Crippen molar-refractivity contribution >= 4 is 15.6 Å². The van der Waals surface area contributed by atoms with Crippen molar-refractivity contribution in [3.8, 4) is 0 Å². The topological polar surface area (TPSA) is 58.5 Å². The molecule has 0 aromatic rings. The third-order valence-corrected chi connectivity index (χ3v) is 4.60. The number of carbonyl (C=O) groups is 1. The summed E-state index contributed by atoms with van der Waals surface area (Å²) < 4.78 is 15.6. The molecule has 1 N–H and O–H groups in total. The van der Waals surface area contributed by atoms with Crippen LogP contribution in [0.25, 0.3) is 0 Å². The maximum absolute atomic E-state index is 11.8. The van der Waals surface area contributed by atoms with Crippen LogP contribution < -0.4 is 5.32 Å². The summed E-state index contributed by atoms with van der Waals surface area (Å²) in [6.45, 7) is 1.73. The van der Waals surface area contributed by atoms with E-state index in [1.807, 2.05) is 0 Å². The van der Waals surface area contributed by atoms with Crippen molar-refractivity contribution in [2.45, 2.75) is 25.8 Å². The first kappa shape index (κ1) is 10.7. The molecule has 0 aromatic heterocycles. The van der Waals surface area contributed by atoms with Gasteiger partial charge in [-0.05, 0) is 26.8 Å². The van der Waals surface area contributed by atoms with Crippen molar-refractivity contribution < 1.29 is 9.00 Å². The second-order valence-corrected chi connectivity index (χ2v) is 5.87. The highest BCUT2D eigenvalue weighted by atomic mass is 32.2. The van der Waals surface area contributed by atoms with Gasteiger partial charge in [-0.3, -0.25) is 4.79 Å². The molecule has 5 heteroatoms. The van der Waals surface area contributed by atoms with Crippen molar-refractivity contribution in [1.82, 2.24) is 5.32 Å². The van der Waals surface area contributed by atoms with Crippen LogP contribution in [0.4, 0.5) is 0 Å². The molecule has 0 saturated carbocycles. The number of nitrogens with one attached hydrogen (secondary N) is 1. The van der Waals surface area contributed by atoms with Gasteiger partial charge >= 0.3 is 0 Å². The number of nitrogens with zero attached hydrogens (tertiary/aromatic N) is 1. The average Bonchev–Trinajstić information content (AvgIpc) is 2.50. The summed E-state index contributed by atoms with van der Waals surface area (Å²) in [4.78, 5) is 11.3. The molecule has 1 heterocycles. The Hall–Kier alpha value is -0.420. The largest absolute Gasteiger partial charge is 0.309 e. The van der Waals surface area contributed by atoms with Gasteiger partial charge in [-0.15, -0.1) is 0 Å². The Bertz CT molecular complexity index is 293. The van der Waals surface area contributed by atoms with Crippen LogP contribution in [0.1, 0.15) is 19.8 Å². The molecule has 13 heavy (non-hydrogen) atoms. The molecular formula is C8H16N2O2S. The maximum atomic E-state index is 11.8. The quantitative estimate of drug-likeness (QED) is 0.707. The lowest BCUT2D eigenvalue weighted by Crippen LogP contribution is -2.30. The number of likely N-dealkylation sites (N-methyl/N-ethyl adjacent to an activating group) is 1. The highest BCUT2D eigenvalue weighted by molar-refractivity contribution is 7.94. The highest BCUT2D eigenvalue weighted by Crippen LogP contribution is 2.13. The van der Waals surface area contributed by atoms with Crippen LogP contribution >= 0.6 is 0 Å². The van der Waals surface area contributed by atoms with Gasteiger partial charge in [0.15, 0.2) is 0 Å². The Morgan fingerprint density at radius 1 is 1.46 bits per heavy atom. The van der Waals surface area contributed by atoms with Crippen LogP contribution in [0.5, 0.6) is 0 Å². The zero-order chi connectivity index (χ0) is 9.90. The van der Waals surface area contributed by atoms with Crippen molar-refractivity contribution in [2.75, 3.05) is 18.6 Å². The fraction of sp³-hybridized carbons (Fsp3) is 0.875. The van der Waals surface area contributed by atoms with Crippen LogP contribution in [0.15, 0.2) is 4.36 Å². The van der Waals surface area contributed by atoms with Gasteiger partial charge in [-0.1, -0.05) is 0 Å². The zero-order valence-electron chi connectivity index (χ0n) is 8.08. The minimum absolute atomic E-state index is 0.283. The van der Waals surface area contributed by atoms with Gasteiger partial charge in [0.05, 0.1) is 15.8 Å². The number of hydrogen-bond donors (Lipinski definition) is 1. The van der Waals surface area contributed by atoms with Crippen LogP contribution in [-0.2, 0) is 14.5 Å². The van der Waals surface area contributed by atoms with Gasteiger partial charge in [0.25, 0.3) is 5.91 Å². The Balaban J connectivity index is 2.75. The Labute approximate surface area is 79.3 Å². The molecular weight excluding hydrogens is 188 g/mol. The van der Waals surface area contributed by atoms with Crippen molar-refractivity contribution in [2.24, 2.45) is 4.36 Å². The summed E-state index contributed by atoms with van der Waals surface area (Å²) in [7, 11) is -0.479. The van der Waals surface area contributed by atoms with Gasteiger partial charge in [0, 0.05) is 11.5 Å². The molecule has 1 amide bonds. The molecule has 1 saturated heterocycles. The minimum Gasteiger partial charge on any atom is -0.309 e. The minimum atomic E-state index is -2.17. The van der Waals surface area contributed by atoms with Crippen LogP contribution in [0.2, 0.25) is 0 Å². The van der Waals surface area contributed by atoms with Gasteiger partial charge in [-0.25, -0.2) is 4.21 Å². The van der Waals surface area contributed by atoms with E-state index in [-0.39, 0.29) is 11.9 Å². The van der Waals surface area contributed by atoms with Gasteiger partial charge in [0.2, 0.25) is 0 Å². The summed E-state index contributed by atoms with van der Waals surface area (Å²) in [6.07, 6.45) is 1.87. The third-order valence-electron chi connectivity index (χ3n) is 2.24. The Kier molecular flexibility index (Phi) is 3.44. The van der Waals surface area contributed by atoms with Gasteiger partial charge in [0.1, 0.15) is 0 Å². The molecule has 0 radical (unpaired) electrons. The standard InChI is InChI=1S/C8H16N2O2S/c1-7(9-2)8(11)10-13(12)5-3-4-6-13/h7,9H,3-6H2,1-2H3.